The summed E-state index contributed by atoms with van der Waals surface area (Å²) in [6.45, 7) is 1.21. The van der Waals surface area contributed by atoms with Crippen LogP contribution in [0.1, 0.15) is 5.56 Å². The topological polar surface area (TPSA) is 148 Å². The summed E-state index contributed by atoms with van der Waals surface area (Å²) in [5.74, 6) is 0. The van der Waals surface area contributed by atoms with Crippen LogP contribution in [0, 0.1) is 6.92 Å². The van der Waals surface area contributed by atoms with Gasteiger partial charge in [-0.1, -0.05) is 17.7 Å². The van der Waals surface area contributed by atoms with Crippen molar-refractivity contribution in [1.29, 1.82) is 0 Å². The first-order valence-electron chi connectivity index (χ1n) is 6.91. The van der Waals surface area contributed by atoms with Crippen LogP contribution in [0.3, 0.4) is 0 Å². The molecule has 1 aromatic carbocycles. The quantitative estimate of drug-likeness (QED) is 0.322. The SMILES string of the molecule is Cc1ccc(S(=O)(=O)NN[C@@H]2O[C@H](CO)[C@@H](O)[C@H](O)[C@H]2O)cc1. The number of hydrogen-bond acceptors (Lipinski definition) is 8. The molecule has 0 spiro atoms. The van der Waals surface area contributed by atoms with E-state index in [1.165, 1.54) is 12.1 Å². The maximum Gasteiger partial charge on any atom is 0.253 e. The van der Waals surface area contributed by atoms with Gasteiger partial charge in [0.15, 0.2) is 6.23 Å². The molecule has 10 heteroatoms. The minimum atomic E-state index is -3.91. The second kappa shape index (κ2) is 7.20. The monoisotopic (exact) mass is 348 g/mol. The van der Waals surface area contributed by atoms with E-state index in [-0.39, 0.29) is 4.90 Å². The molecule has 5 atom stereocenters. The Balaban J connectivity index is 2.05. The van der Waals surface area contributed by atoms with Gasteiger partial charge < -0.3 is 25.2 Å². The lowest BCUT2D eigenvalue weighted by Crippen LogP contribution is -2.64. The van der Waals surface area contributed by atoms with Gasteiger partial charge in [-0.15, -0.1) is 4.83 Å². The van der Waals surface area contributed by atoms with Gasteiger partial charge in [0.25, 0.3) is 10.0 Å². The molecule has 6 N–H and O–H groups in total. The van der Waals surface area contributed by atoms with Crippen molar-refractivity contribution in [3.63, 3.8) is 0 Å². The van der Waals surface area contributed by atoms with Crippen molar-refractivity contribution in [2.24, 2.45) is 0 Å². The first kappa shape index (κ1) is 18.2. The van der Waals surface area contributed by atoms with Crippen LogP contribution in [0.2, 0.25) is 0 Å². The molecule has 9 nitrogen and oxygen atoms in total. The van der Waals surface area contributed by atoms with Crippen LogP contribution in [0.15, 0.2) is 29.2 Å². The number of aryl methyl sites for hydroxylation is 1. The molecular weight excluding hydrogens is 328 g/mol. The standard InChI is InChI=1S/C13H20N2O7S/c1-7-2-4-8(5-3-7)23(20,21)15-14-13-12(19)11(18)10(17)9(6-16)22-13/h2-5,9-19H,6H2,1H3/t9-,10-,11+,12-,13-/m1/s1. The minimum Gasteiger partial charge on any atom is -0.394 e. The van der Waals surface area contributed by atoms with E-state index in [4.69, 9.17) is 9.84 Å². The van der Waals surface area contributed by atoms with Crippen LogP contribution >= 0.6 is 0 Å². The third-order valence-corrected chi connectivity index (χ3v) is 4.84. The molecular formula is C13H20N2O7S. The molecule has 1 fully saturated rings. The van der Waals surface area contributed by atoms with Gasteiger partial charge in [0, 0.05) is 0 Å². The summed E-state index contributed by atoms with van der Waals surface area (Å²) in [5.41, 5.74) is 3.14. The summed E-state index contributed by atoms with van der Waals surface area (Å²) in [7, 11) is -3.91. The van der Waals surface area contributed by atoms with Gasteiger partial charge in [-0.05, 0) is 19.1 Å². The molecule has 0 aromatic heterocycles. The van der Waals surface area contributed by atoms with Crippen molar-refractivity contribution < 1.29 is 33.6 Å². The highest BCUT2D eigenvalue weighted by Gasteiger charge is 2.43. The lowest BCUT2D eigenvalue weighted by atomic mass is 9.99. The van der Waals surface area contributed by atoms with Crippen LogP contribution in [-0.4, -0.2) is 66.1 Å². The number of ether oxygens (including phenoxy) is 1. The van der Waals surface area contributed by atoms with Crippen LogP contribution < -0.4 is 10.3 Å². The Kier molecular flexibility index (Phi) is 5.70. The van der Waals surface area contributed by atoms with E-state index in [2.05, 4.69) is 5.43 Å². The highest BCUT2D eigenvalue weighted by Crippen LogP contribution is 2.19. The molecule has 130 valence electrons. The molecule has 1 aliphatic heterocycles. The smallest absolute Gasteiger partial charge is 0.253 e. The molecule has 0 radical (unpaired) electrons. The Hall–Kier alpha value is -1.11. The second-order valence-electron chi connectivity index (χ2n) is 5.31. The number of benzene rings is 1. The predicted molar refractivity (Wildman–Crippen MR) is 78.4 cm³/mol. The fourth-order valence-electron chi connectivity index (χ4n) is 2.13. The largest absolute Gasteiger partial charge is 0.394 e. The Morgan fingerprint density at radius 1 is 1.09 bits per heavy atom. The zero-order valence-electron chi connectivity index (χ0n) is 12.3. The molecule has 1 aliphatic rings. The predicted octanol–water partition coefficient (Wildman–Crippen LogP) is -2.42. The molecule has 0 amide bonds. The van der Waals surface area contributed by atoms with Gasteiger partial charge in [0.05, 0.1) is 11.5 Å². The second-order valence-corrected chi connectivity index (χ2v) is 6.99. The number of hydrazine groups is 1. The van der Waals surface area contributed by atoms with Crippen LogP contribution in [-0.2, 0) is 14.8 Å². The summed E-state index contributed by atoms with van der Waals surface area (Å²) < 4.78 is 29.4. The van der Waals surface area contributed by atoms with E-state index in [0.717, 1.165) is 5.56 Å². The van der Waals surface area contributed by atoms with E-state index in [0.29, 0.717) is 0 Å². The van der Waals surface area contributed by atoms with Crippen molar-refractivity contribution >= 4 is 10.0 Å². The zero-order chi connectivity index (χ0) is 17.2. The molecule has 0 saturated carbocycles. The number of aliphatic hydroxyl groups is 4. The summed E-state index contributed by atoms with van der Waals surface area (Å²) in [6.07, 6.45) is -7.17. The lowest BCUT2D eigenvalue weighted by molar-refractivity contribution is -0.237. The maximum absolute atomic E-state index is 12.1. The number of hydrogen-bond donors (Lipinski definition) is 6. The lowest BCUT2D eigenvalue weighted by Gasteiger charge is -2.40. The van der Waals surface area contributed by atoms with Crippen molar-refractivity contribution in [3.8, 4) is 0 Å². The number of nitrogens with one attached hydrogen (secondary N) is 2. The molecule has 0 unspecified atom stereocenters. The molecule has 23 heavy (non-hydrogen) atoms. The summed E-state index contributed by atoms with van der Waals surface area (Å²) >= 11 is 0. The number of rotatable bonds is 5. The maximum atomic E-state index is 12.1. The normalized spacial score (nSPS) is 32.0. The zero-order valence-corrected chi connectivity index (χ0v) is 13.1. The highest BCUT2D eigenvalue weighted by molar-refractivity contribution is 7.89. The third kappa shape index (κ3) is 4.05. The van der Waals surface area contributed by atoms with Crippen molar-refractivity contribution in [2.45, 2.75) is 42.5 Å². The molecule has 1 heterocycles. The molecule has 0 bridgehead atoms. The van der Waals surface area contributed by atoms with E-state index in [9.17, 15) is 23.7 Å². The third-order valence-electron chi connectivity index (χ3n) is 3.56. The number of aliphatic hydroxyl groups excluding tert-OH is 4. The summed E-state index contributed by atoms with van der Waals surface area (Å²) in [5, 5.41) is 38.2. The first-order valence-corrected chi connectivity index (χ1v) is 8.39. The van der Waals surface area contributed by atoms with E-state index in [1.807, 2.05) is 11.8 Å². The summed E-state index contributed by atoms with van der Waals surface area (Å²) in [4.78, 5) is 2.04. The van der Waals surface area contributed by atoms with Gasteiger partial charge in [-0.3, -0.25) is 0 Å². The average Bonchev–Trinajstić information content (AvgIpc) is 2.52. The Morgan fingerprint density at radius 3 is 2.26 bits per heavy atom. The highest BCUT2D eigenvalue weighted by atomic mass is 32.2. The van der Waals surface area contributed by atoms with E-state index >= 15 is 0 Å². The van der Waals surface area contributed by atoms with Crippen LogP contribution in [0.25, 0.3) is 0 Å². The Bertz CT molecular complexity index is 620. The van der Waals surface area contributed by atoms with Crippen molar-refractivity contribution in [3.05, 3.63) is 29.8 Å². The fourth-order valence-corrected chi connectivity index (χ4v) is 3.02. The number of sulfonamides is 1. The van der Waals surface area contributed by atoms with Crippen LogP contribution in [0.5, 0.6) is 0 Å². The van der Waals surface area contributed by atoms with Gasteiger partial charge in [0.1, 0.15) is 24.4 Å². The first-order chi connectivity index (χ1) is 10.8. The van der Waals surface area contributed by atoms with E-state index in [1.54, 1.807) is 12.1 Å². The van der Waals surface area contributed by atoms with Crippen LogP contribution in [0.4, 0.5) is 0 Å². The van der Waals surface area contributed by atoms with Crippen molar-refractivity contribution in [1.82, 2.24) is 10.3 Å². The summed E-state index contributed by atoms with van der Waals surface area (Å²) in [6, 6.07) is 6.07. The Labute approximate surface area is 133 Å². The Morgan fingerprint density at radius 2 is 1.70 bits per heavy atom. The molecule has 1 aromatic rings. The van der Waals surface area contributed by atoms with Gasteiger partial charge in [-0.2, -0.15) is 0 Å². The van der Waals surface area contributed by atoms with E-state index < -0.39 is 47.3 Å². The molecule has 0 aliphatic carbocycles. The fraction of sp³-hybridized carbons (Fsp3) is 0.538. The minimum absolute atomic E-state index is 0.000176. The molecule has 1 saturated heterocycles. The van der Waals surface area contributed by atoms with Crippen molar-refractivity contribution in [2.75, 3.05) is 6.61 Å². The average molecular weight is 348 g/mol. The van der Waals surface area contributed by atoms with Gasteiger partial charge in [0.2, 0.25) is 0 Å². The van der Waals surface area contributed by atoms with Gasteiger partial charge in [-0.25, -0.2) is 13.8 Å². The molecule has 2 rings (SSSR count). The van der Waals surface area contributed by atoms with Gasteiger partial charge >= 0.3 is 0 Å².